The van der Waals surface area contributed by atoms with Crippen LogP contribution in [0.2, 0.25) is 0 Å². The summed E-state index contributed by atoms with van der Waals surface area (Å²) in [7, 11) is 1.77. The van der Waals surface area contributed by atoms with Gasteiger partial charge in [-0.3, -0.25) is 19.2 Å². The molecule has 11 heteroatoms. The molecule has 3 aromatic carbocycles. The third kappa shape index (κ3) is 10.1. The third-order valence-corrected chi connectivity index (χ3v) is 7.75. The van der Waals surface area contributed by atoms with Crippen molar-refractivity contribution in [3.8, 4) is 5.75 Å². The molecule has 0 aromatic heterocycles. The van der Waals surface area contributed by atoms with Gasteiger partial charge in [-0.05, 0) is 84.3 Å². The number of hydrogen-bond donors (Lipinski definition) is 4. The number of benzene rings is 3. The molecule has 4 heterocycles. The Hall–Kier alpha value is -4.77. The van der Waals surface area contributed by atoms with Gasteiger partial charge in [0.15, 0.2) is 0 Å². The van der Waals surface area contributed by atoms with Crippen molar-refractivity contribution in [1.82, 2.24) is 15.5 Å². The van der Waals surface area contributed by atoms with E-state index in [0.29, 0.717) is 48.6 Å². The summed E-state index contributed by atoms with van der Waals surface area (Å²) >= 11 is 0. The van der Waals surface area contributed by atoms with E-state index in [1.165, 1.54) is 12.1 Å². The molecule has 250 valence electrons. The second kappa shape index (κ2) is 15.2. The molecule has 4 amide bonds. The lowest BCUT2D eigenvalue weighted by molar-refractivity contribution is -0.140. The van der Waals surface area contributed by atoms with Crippen molar-refractivity contribution < 1.29 is 33.4 Å². The van der Waals surface area contributed by atoms with Crippen molar-refractivity contribution >= 4 is 29.3 Å². The van der Waals surface area contributed by atoms with Crippen LogP contribution in [0.25, 0.3) is 0 Å². The molecule has 0 aliphatic carbocycles. The van der Waals surface area contributed by atoms with Crippen LogP contribution in [0.3, 0.4) is 0 Å². The van der Waals surface area contributed by atoms with Crippen LogP contribution < -0.4 is 20.7 Å². The lowest BCUT2D eigenvalue weighted by Crippen LogP contribution is -2.58. The van der Waals surface area contributed by atoms with E-state index in [2.05, 4.69) is 16.0 Å². The summed E-state index contributed by atoms with van der Waals surface area (Å²) in [6.07, 6.45) is 2.16. The number of aryl methyl sites for hydroxylation is 1. The SMILES string of the molecule is CN1CCCCOc2ccc(cc2)C(=O)NCc2ccc(F)c(c2)C(=O)N[C@](O)(CC(C)(C)C)C(=O)Nc2ccc(cc2)CCC1=O. The van der Waals surface area contributed by atoms with Crippen LogP contribution in [-0.4, -0.2) is 59.6 Å². The zero-order valence-electron chi connectivity index (χ0n) is 27.3. The van der Waals surface area contributed by atoms with Gasteiger partial charge in [0.1, 0.15) is 11.6 Å². The molecule has 1 atom stereocenters. The Labute approximate surface area is 274 Å². The van der Waals surface area contributed by atoms with Crippen molar-refractivity contribution in [3.63, 3.8) is 0 Å². The fraction of sp³-hybridized carbons (Fsp3) is 0.389. The molecule has 47 heavy (non-hydrogen) atoms. The van der Waals surface area contributed by atoms with Crippen LogP contribution in [-0.2, 0) is 22.6 Å². The van der Waals surface area contributed by atoms with E-state index >= 15 is 0 Å². The Morgan fingerprint density at radius 1 is 0.894 bits per heavy atom. The zero-order valence-corrected chi connectivity index (χ0v) is 27.3. The molecular weight excluding hydrogens is 603 g/mol. The van der Waals surface area contributed by atoms with E-state index in [-0.39, 0.29) is 24.8 Å². The maximum absolute atomic E-state index is 14.9. The monoisotopic (exact) mass is 646 g/mol. The summed E-state index contributed by atoms with van der Waals surface area (Å²) < 4.78 is 20.7. The van der Waals surface area contributed by atoms with Gasteiger partial charge in [-0.25, -0.2) is 4.39 Å². The standard InChI is InChI=1S/C36H43FN4O6/c1-35(2,3)23-36(46)34(45)39-27-13-7-24(8-14-27)10-18-31(42)41(4)19-5-6-20-47-28-15-11-26(12-16-28)32(43)38-22-25-9-17-30(37)29(21-25)33(44)40-36/h7-9,11-17,21,46H,5-6,10,18-20,22-23H2,1-4H3,(H,38,43)(H,39,45)(H,40,44)/t36-/m0/s1. The molecule has 0 fully saturated rings. The van der Waals surface area contributed by atoms with Crippen LogP contribution in [0.1, 0.15) is 78.3 Å². The quantitative estimate of drug-likeness (QED) is 0.300. The molecule has 3 aromatic rings. The molecule has 4 N–H and O–H groups in total. The highest BCUT2D eigenvalue weighted by molar-refractivity contribution is 6.03. The Morgan fingerprint density at radius 2 is 1.57 bits per heavy atom. The molecule has 4 aliphatic rings. The first kappa shape index (κ1) is 35.1. The summed E-state index contributed by atoms with van der Waals surface area (Å²) in [5.41, 5.74) is -1.31. The van der Waals surface area contributed by atoms with Crippen LogP contribution in [0, 0.1) is 11.2 Å². The van der Waals surface area contributed by atoms with Gasteiger partial charge in [0.2, 0.25) is 11.6 Å². The number of rotatable bonds is 1. The van der Waals surface area contributed by atoms with E-state index < -0.39 is 34.3 Å². The number of halogens is 1. The van der Waals surface area contributed by atoms with E-state index in [1.54, 1.807) is 81.2 Å². The van der Waals surface area contributed by atoms with Gasteiger partial charge >= 0.3 is 0 Å². The number of hydrogen-bond acceptors (Lipinski definition) is 6. The van der Waals surface area contributed by atoms with E-state index in [9.17, 15) is 28.7 Å². The largest absolute Gasteiger partial charge is 0.494 e. The van der Waals surface area contributed by atoms with E-state index in [4.69, 9.17) is 4.74 Å². The molecule has 6 bridgehead atoms. The second-order valence-corrected chi connectivity index (χ2v) is 13.1. The van der Waals surface area contributed by atoms with Gasteiger partial charge in [0.05, 0.1) is 12.2 Å². The summed E-state index contributed by atoms with van der Waals surface area (Å²) in [6.45, 7) is 6.43. The summed E-state index contributed by atoms with van der Waals surface area (Å²) in [4.78, 5) is 54.0. The first-order valence-electron chi connectivity index (χ1n) is 15.7. The second-order valence-electron chi connectivity index (χ2n) is 13.1. The maximum Gasteiger partial charge on any atom is 0.277 e. The molecule has 0 radical (unpaired) electrons. The van der Waals surface area contributed by atoms with E-state index in [0.717, 1.165) is 24.5 Å². The zero-order chi connectivity index (χ0) is 34.2. The summed E-state index contributed by atoms with van der Waals surface area (Å²) in [5.74, 6) is -2.50. The van der Waals surface area contributed by atoms with Gasteiger partial charge in [0, 0.05) is 44.2 Å². The minimum atomic E-state index is -2.39. The normalized spacial score (nSPS) is 19.2. The molecule has 0 saturated heterocycles. The van der Waals surface area contributed by atoms with Crippen molar-refractivity contribution in [1.29, 1.82) is 0 Å². The highest BCUT2D eigenvalue weighted by Crippen LogP contribution is 2.28. The molecule has 0 spiro atoms. The highest BCUT2D eigenvalue weighted by Gasteiger charge is 2.42. The Kier molecular flexibility index (Phi) is 11.4. The lowest BCUT2D eigenvalue weighted by Gasteiger charge is -2.33. The number of anilines is 1. The van der Waals surface area contributed by atoms with Gasteiger partial charge in [0.25, 0.3) is 17.7 Å². The number of amides is 4. The van der Waals surface area contributed by atoms with Gasteiger partial charge in [-0.1, -0.05) is 39.0 Å². The first-order chi connectivity index (χ1) is 22.2. The summed E-state index contributed by atoms with van der Waals surface area (Å²) in [5, 5.41) is 19.3. The number of nitrogens with one attached hydrogen (secondary N) is 3. The topological polar surface area (TPSA) is 137 Å². The molecule has 0 saturated carbocycles. The van der Waals surface area contributed by atoms with Gasteiger partial charge in [-0.2, -0.15) is 0 Å². The van der Waals surface area contributed by atoms with Crippen LogP contribution in [0.15, 0.2) is 66.7 Å². The third-order valence-electron chi connectivity index (χ3n) is 7.75. The fourth-order valence-corrected chi connectivity index (χ4v) is 5.24. The molecule has 4 aliphatic heterocycles. The molecule has 10 nitrogen and oxygen atoms in total. The average molecular weight is 647 g/mol. The van der Waals surface area contributed by atoms with Crippen molar-refractivity contribution in [3.05, 3.63) is 94.8 Å². The number of nitrogens with zero attached hydrogens (tertiary/aromatic N) is 1. The number of carbonyl (C=O) groups excluding carboxylic acids is 4. The van der Waals surface area contributed by atoms with Crippen LogP contribution >= 0.6 is 0 Å². The number of ether oxygens (including phenoxy) is 1. The molecule has 0 unspecified atom stereocenters. The van der Waals surface area contributed by atoms with Crippen LogP contribution in [0.5, 0.6) is 5.75 Å². The minimum Gasteiger partial charge on any atom is -0.494 e. The van der Waals surface area contributed by atoms with Gasteiger partial charge < -0.3 is 30.7 Å². The van der Waals surface area contributed by atoms with Crippen LogP contribution in [0.4, 0.5) is 10.1 Å². The molecule has 7 rings (SSSR count). The average Bonchev–Trinajstić information content (AvgIpc) is 3.02. The predicted octanol–water partition coefficient (Wildman–Crippen LogP) is 4.81. The van der Waals surface area contributed by atoms with Crippen molar-refractivity contribution in [2.45, 2.75) is 65.1 Å². The van der Waals surface area contributed by atoms with E-state index in [1.807, 2.05) is 0 Å². The Bertz CT molecular complexity index is 1590. The fourth-order valence-electron chi connectivity index (χ4n) is 5.24. The predicted molar refractivity (Wildman–Crippen MR) is 176 cm³/mol. The smallest absolute Gasteiger partial charge is 0.277 e. The Morgan fingerprint density at radius 3 is 2.26 bits per heavy atom. The number of carbonyl (C=O) groups is 4. The minimum absolute atomic E-state index is 0.00264. The number of aliphatic hydroxyl groups is 1. The lowest BCUT2D eigenvalue weighted by atomic mass is 9.85. The van der Waals surface area contributed by atoms with Crippen molar-refractivity contribution in [2.24, 2.45) is 5.41 Å². The summed E-state index contributed by atoms with van der Waals surface area (Å²) in [6, 6.07) is 17.3. The maximum atomic E-state index is 14.9. The van der Waals surface area contributed by atoms with Gasteiger partial charge in [-0.15, -0.1) is 0 Å². The molecular formula is C36H43FN4O6. The highest BCUT2D eigenvalue weighted by atomic mass is 19.1. The first-order valence-corrected chi connectivity index (χ1v) is 15.7. The Balaban J connectivity index is 1.59. The van der Waals surface area contributed by atoms with Crippen molar-refractivity contribution in [2.75, 3.05) is 25.5 Å².